The summed E-state index contributed by atoms with van der Waals surface area (Å²) in [4.78, 5) is 25.7. The van der Waals surface area contributed by atoms with E-state index in [-0.39, 0.29) is 12.3 Å². The molecule has 0 aliphatic rings. The van der Waals surface area contributed by atoms with E-state index >= 15 is 0 Å². The van der Waals surface area contributed by atoms with Crippen molar-refractivity contribution < 1.29 is 23.9 Å². The lowest BCUT2D eigenvalue weighted by Gasteiger charge is -2.12. The molecule has 6 nitrogen and oxygen atoms in total. The molecule has 1 rings (SSSR count). The summed E-state index contributed by atoms with van der Waals surface area (Å²) in [5, 5.41) is 0. The minimum absolute atomic E-state index is 0.124. The zero-order valence-electron chi connectivity index (χ0n) is 10.7. The molecule has 0 bridgehead atoms. The molecule has 0 aliphatic heterocycles. The second-order valence-corrected chi connectivity index (χ2v) is 3.61. The minimum Gasteiger partial charge on any atom is -0.457 e. The molecule has 0 aromatic heterocycles. The molecule has 19 heavy (non-hydrogen) atoms. The average molecular weight is 262 g/mol. The van der Waals surface area contributed by atoms with Crippen LogP contribution in [0.2, 0.25) is 0 Å². The van der Waals surface area contributed by atoms with Gasteiger partial charge in [-0.2, -0.15) is 4.79 Å². The van der Waals surface area contributed by atoms with Crippen molar-refractivity contribution in [2.45, 2.75) is 20.0 Å². The third kappa shape index (κ3) is 4.04. The first-order chi connectivity index (χ1) is 9.10. The Morgan fingerprint density at radius 1 is 1.32 bits per heavy atom. The van der Waals surface area contributed by atoms with Crippen molar-refractivity contribution in [3.63, 3.8) is 0 Å². The van der Waals surface area contributed by atoms with Crippen molar-refractivity contribution in [1.29, 1.82) is 0 Å². The first-order valence-electron chi connectivity index (χ1n) is 5.71. The molecule has 0 N–H and O–H groups in total. The minimum atomic E-state index is -1.09. The topological polar surface area (TPSA) is 89.0 Å². The van der Waals surface area contributed by atoms with Crippen molar-refractivity contribution in [1.82, 2.24) is 0 Å². The van der Waals surface area contributed by atoms with Gasteiger partial charge in [-0.15, -0.1) is 0 Å². The molecule has 0 spiro atoms. The van der Waals surface area contributed by atoms with Gasteiger partial charge in [-0.1, -0.05) is 30.3 Å². The number of esters is 2. The van der Waals surface area contributed by atoms with Gasteiger partial charge in [-0.05, 0) is 6.92 Å². The molecule has 0 heterocycles. The van der Waals surface area contributed by atoms with Crippen LogP contribution in [0.5, 0.6) is 0 Å². The SMILES string of the molecule is CCOC(=O)C(=[N+]=[N-])[C@H](OC(C)=O)c1ccccc1. The van der Waals surface area contributed by atoms with Crippen molar-refractivity contribution in [2.24, 2.45) is 0 Å². The summed E-state index contributed by atoms with van der Waals surface area (Å²) in [6.45, 7) is 2.95. The fourth-order valence-electron chi connectivity index (χ4n) is 1.48. The molecule has 0 aliphatic carbocycles. The van der Waals surface area contributed by atoms with Gasteiger partial charge in [0.2, 0.25) is 6.10 Å². The van der Waals surface area contributed by atoms with E-state index in [1.54, 1.807) is 37.3 Å². The monoisotopic (exact) mass is 262 g/mol. The first-order valence-corrected chi connectivity index (χ1v) is 5.71. The molecule has 0 amide bonds. The van der Waals surface area contributed by atoms with Crippen LogP contribution < -0.4 is 0 Å². The number of hydrogen-bond donors (Lipinski definition) is 0. The number of carbonyl (C=O) groups excluding carboxylic acids is 2. The van der Waals surface area contributed by atoms with Crippen molar-refractivity contribution in [3.8, 4) is 0 Å². The quantitative estimate of drug-likeness (QED) is 0.348. The van der Waals surface area contributed by atoms with Gasteiger partial charge in [0.15, 0.2) is 0 Å². The van der Waals surface area contributed by atoms with E-state index in [1.807, 2.05) is 0 Å². The summed E-state index contributed by atoms with van der Waals surface area (Å²) in [6, 6.07) is 8.50. The summed E-state index contributed by atoms with van der Waals surface area (Å²) in [5.41, 5.74) is 9.10. The molecule has 0 fully saturated rings. The fraction of sp³-hybridized carbons (Fsp3) is 0.308. The summed E-state index contributed by atoms with van der Waals surface area (Å²) in [5.74, 6) is -1.43. The fourth-order valence-corrected chi connectivity index (χ4v) is 1.48. The van der Waals surface area contributed by atoms with Gasteiger partial charge in [0.1, 0.15) is 0 Å². The number of carbonyl (C=O) groups is 2. The smallest absolute Gasteiger partial charge is 0.421 e. The van der Waals surface area contributed by atoms with Gasteiger partial charge < -0.3 is 15.0 Å². The lowest BCUT2D eigenvalue weighted by Crippen LogP contribution is -2.28. The Hall–Kier alpha value is -2.46. The predicted octanol–water partition coefficient (Wildman–Crippen LogP) is 1.52. The largest absolute Gasteiger partial charge is 0.457 e. The summed E-state index contributed by atoms with van der Waals surface area (Å²) >= 11 is 0. The first kappa shape index (κ1) is 14.6. The molecule has 1 aromatic rings. The molecule has 6 heteroatoms. The highest BCUT2D eigenvalue weighted by Crippen LogP contribution is 2.19. The van der Waals surface area contributed by atoms with Crippen LogP contribution in [0.15, 0.2) is 30.3 Å². The zero-order chi connectivity index (χ0) is 14.3. The summed E-state index contributed by atoms with van der Waals surface area (Å²) < 4.78 is 9.78. The Bertz CT molecular complexity index is 507. The van der Waals surface area contributed by atoms with Crippen molar-refractivity contribution in [3.05, 3.63) is 41.4 Å². The standard InChI is InChI=1S/C13H14N2O4/c1-3-18-13(17)11(15-14)12(19-9(2)16)10-7-5-4-6-8-10/h4-8,12H,3H2,1-2H3/t12-/m1/s1. The normalized spacial score (nSPS) is 11.1. The molecular weight excluding hydrogens is 248 g/mol. The van der Waals surface area contributed by atoms with Crippen LogP contribution >= 0.6 is 0 Å². The van der Waals surface area contributed by atoms with Crippen molar-refractivity contribution in [2.75, 3.05) is 6.61 Å². The maximum atomic E-state index is 11.7. The highest BCUT2D eigenvalue weighted by molar-refractivity contribution is 6.35. The molecule has 100 valence electrons. The Kier molecular flexibility index (Phi) is 5.44. The number of ether oxygens (including phenoxy) is 2. The number of benzene rings is 1. The molecular formula is C13H14N2O4. The van der Waals surface area contributed by atoms with E-state index in [1.165, 1.54) is 6.92 Å². The highest BCUT2D eigenvalue weighted by atomic mass is 16.6. The van der Waals surface area contributed by atoms with Gasteiger partial charge in [0.25, 0.3) is 0 Å². The molecule has 0 saturated carbocycles. The van der Waals surface area contributed by atoms with E-state index in [0.29, 0.717) is 5.56 Å². The van der Waals surface area contributed by atoms with Gasteiger partial charge in [-0.25, -0.2) is 4.79 Å². The molecule has 0 saturated heterocycles. The van der Waals surface area contributed by atoms with E-state index in [2.05, 4.69) is 4.79 Å². The number of hydrogen-bond acceptors (Lipinski definition) is 4. The molecule has 0 unspecified atom stereocenters. The van der Waals surface area contributed by atoms with Gasteiger partial charge >= 0.3 is 17.7 Å². The van der Waals surface area contributed by atoms with E-state index in [9.17, 15) is 9.59 Å². The number of rotatable bonds is 5. The zero-order valence-corrected chi connectivity index (χ0v) is 10.7. The van der Waals surface area contributed by atoms with Crippen LogP contribution in [-0.4, -0.2) is 29.0 Å². The van der Waals surface area contributed by atoms with Crippen molar-refractivity contribution >= 4 is 17.7 Å². The van der Waals surface area contributed by atoms with E-state index in [4.69, 9.17) is 15.0 Å². The lowest BCUT2D eigenvalue weighted by atomic mass is 10.1. The van der Waals surface area contributed by atoms with Crippen LogP contribution in [0, 0.1) is 0 Å². The Morgan fingerprint density at radius 3 is 2.42 bits per heavy atom. The maximum absolute atomic E-state index is 11.7. The van der Waals surface area contributed by atoms with Crippen LogP contribution in [0.1, 0.15) is 25.5 Å². The third-order valence-corrected chi connectivity index (χ3v) is 2.23. The van der Waals surface area contributed by atoms with Gasteiger partial charge in [0.05, 0.1) is 6.61 Å². The highest BCUT2D eigenvalue weighted by Gasteiger charge is 2.36. The van der Waals surface area contributed by atoms with E-state index in [0.717, 1.165) is 0 Å². The van der Waals surface area contributed by atoms with Gasteiger partial charge in [-0.3, -0.25) is 4.79 Å². The molecule has 1 atom stereocenters. The molecule has 0 radical (unpaired) electrons. The summed E-state index contributed by atoms with van der Waals surface area (Å²) in [6.07, 6.45) is -1.09. The third-order valence-electron chi connectivity index (χ3n) is 2.23. The van der Waals surface area contributed by atoms with Crippen LogP contribution in [0.3, 0.4) is 0 Å². The van der Waals surface area contributed by atoms with Crippen LogP contribution in [-0.2, 0) is 19.1 Å². The van der Waals surface area contributed by atoms with Gasteiger partial charge in [0, 0.05) is 12.5 Å². The predicted molar refractivity (Wildman–Crippen MR) is 66.2 cm³/mol. The summed E-state index contributed by atoms with van der Waals surface area (Å²) in [7, 11) is 0. The Labute approximate surface area is 110 Å². The Balaban J connectivity index is 3.13. The maximum Gasteiger partial charge on any atom is 0.421 e. The lowest BCUT2D eigenvalue weighted by molar-refractivity contribution is -0.149. The van der Waals surface area contributed by atoms with Crippen LogP contribution in [0.25, 0.3) is 5.53 Å². The second-order valence-electron chi connectivity index (χ2n) is 3.61. The van der Waals surface area contributed by atoms with Crippen LogP contribution in [0.4, 0.5) is 0 Å². The average Bonchev–Trinajstić information content (AvgIpc) is 2.39. The number of nitrogens with zero attached hydrogens (tertiary/aromatic N) is 2. The second kappa shape index (κ2) is 7.08. The molecule has 1 aromatic carbocycles. The van der Waals surface area contributed by atoms with E-state index < -0.39 is 18.0 Å². The Morgan fingerprint density at radius 2 is 1.95 bits per heavy atom.